The molecule has 0 bridgehead atoms. The Morgan fingerprint density at radius 2 is 1.83 bits per heavy atom. The van der Waals surface area contributed by atoms with Crippen LogP contribution in [0.15, 0.2) is 41.3 Å². The fourth-order valence-electron chi connectivity index (χ4n) is 3.35. The Labute approximate surface area is 169 Å². The number of benzene rings is 2. The van der Waals surface area contributed by atoms with Crippen LogP contribution in [0.2, 0.25) is 0 Å². The van der Waals surface area contributed by atoms with Crippen molar-refractivity contribution in [2.45, 2.75) is 37.8 Å². The average molecular weight is 418 g/mol. The van der Waals surface area contributed by atoms with Gasteiger partial charge in [-0.3, -0.25) is 4.79 Å². The molecule has 0 aliphatic carbocycles. The molecule has 0 saturated carbocycles. The highest BCUT2D eigenvalue weighted by atomic mass is 32.2. The molecule has 29 heavy (non-hydrogen) atoms. The minimum Gasteiger partial charge on any atom is -0.484 e. The molecular formula is C20H22N2O6S. The molecule has 154 valence electrons. The zero-order valence-corrected chi connectivity index (χ0v) is 17.2. The number of ether oxygens (including phenoxy) is 3. The van der Waals surface area contributed by atoms with Crippen LogP contribution in [-0.2, 0) is 21.4 Å². The van der Waals surface area contributed by atoms with Crippen LogP contribution in [0, 0.1) is 0 Å². The number of nitrogens with zero attached hydrogens (tertiary/aromatic N) is 1. The Kier molecular flexibility index (Phi) is 4.66. The van der Waals surface area contributed by atoms with Crippen molar-refractivity contribution in [1.82, 2.24) is 4.72 Å². The highest BCUT2D eigenvalue weighted by Crippen LogP contribution is 2.38. The van der Waals surface area contributed by atoms with E-state index in [1.54, 1.807) is 24.3 Å². The third kappa shape index (κ3) is 3.88. The van der Waals surface area contributed by atoms with Gasteiger partial charge in [-0.1, -0.05) is 6.07 Å². The van der Waals surface area contributed by atoms with Crippen molar-refractivity contribution in [2.75, 3.05) is 18.2 Å². The van der Waals surface area contributed by atoms with E-state index in [9.17, 15) is 13.2 Å². The molecule has 1 amide bonds. The van der Waals surface area contributed by atoms with E-state index in [1.807, 2.05) is 13.8 Å². The zero-order chi connectivity index (χ0) is 20.8. The van der Waals surface area contributed by atoms with Crippen LogP contribution >= 0.6 is 0 Å². The summed E-state index contributed by atoms with van der Waals surface area (Å²) in [6.07, 6.45) is 0. The van der Waals surface area contributed by atoms with Gasteiger partial charge in [-0.2, -0.15) is 0 Å². The highest BCUT2D eigenvalue weighted by molar-refractivity contribution is 7.89. The molecule has 2 aromatic carbocycles. The van der Waals surface area contributed by atoms with E-state index in [0.29, 0.717) is 29.5 Å². The van der Waals surface area contributed by atoms with Crippen molar-refractivity contribution < 1.29 is 27.4 Å². The molecule has 0 radical (unpaired) electrons. The van der Waals surface area contributed by atoms with E-state index in [-0.39, 0.29) is 24.1 Å². The normalized spacial score (nSPS) is 16.9. The van der Waals surface area contributed by atoms with Gasteiger partial charge >= 0.3 is 0 Å². The van der Waals surface area contributed by atoms with Gasteiger partial charge in [0.1, 0.15) is 11.4 Å². The predicted molar refractivity (Wildman–Crippen MR) is 106 cm³/mol. The van der Waals surface area contributed by atoms with Crippen molar-refractivity contribution in [2.24, 2.45) is 0 Å². The van der Waals surface area contributed by atoms with Gasteiger partial charge in [0.15, 0.2) is 11.5 Å². The Morgan fingerprint density at radius 3 is 2.59 bits per heavy atom. The summed E-state index contributed by atoms with van der Waals surface area (Å²) in [5, 5.41) is 0. The van der Waals surface area contributed by atoms with Gasteiger partial charge in [-0.25, -0.2) is 13.1 Å². The molecule has 2 aliphatic heterocycles. The summed E-state index contributed by atoms with van der Waals surface area (Å²) in [5.74, 6) is 1.53. The van der Waals surface area contributed by atoms with Crippen LogP contribution in [0.25, 0.3) is 0 Å². The van der Waals surface area contributed by atoms with Crippen LogP contribution in [0.3, 0.4) is 0 Å². The summed E-state index contributed by atoms with van der Waals surface area (Å²) in [5.41, 5.74) is 0.630. The molecule has 0 spiro atoms. The topological polar surface area (TPSA) is 94.2 Å². The molecule has 0 unspecified atom stereocenters. The standard InChI is InChI=1S/C20H22N2O6S/c1-13(23)22-11-20(2,3)28-17-7-5-15(9-16(17)22)29(24,25)21-10-14-4-6-18-19(8-14)27-12-26-18/h4-9,21H,10-12H2,1-3H3. The van der Waals surface area contributed by atoms with Crippen molar-refractivity contribution in [3.63, 3.8) is 0 Å². The van der Waals surface area contributed by atoms with Gasteiger partial charge < -0.3 is 19.1 Å². The Bertz CT molecular complexity index is 1080. The number of amides is 1. The van der Waals surface area contributed by atoms with Crippen molar-refractivity contribution in [3.8, 4) is 17.2 Å². The summed E-state index contributed by atoms with van der Waals surface area (Å²) >= 11 is 0. The molecule has 0 atom stereocenters. The third-order valence-electron chi connectivity index (χ3n) is 4.74. The molecule has 0 saturated heterocycles. The van der Waals surface area contributed by atoms with Gasteiger partial charge in [0, 0.05) is 13.5 Å². The van der Waals surface area contributed by atoms with Crippen LogP contribution in [0.5, 0.6) is 17.2 Å². The minimum absolute atomic E-state index is 0.0616. The van der Waals surface area contributed by atoms with E-state index >= 15 is 0 Å². The lowest BCUT2D eigenvalue weighted by Crippen LogP contribution is -2.48. The maximum atomic E-state index is 12.8. The van der Waals surface area contributed by atoms with E-state index in [1.165, 1.54) is 24.0 Å². The van der Waals surface area contributed by atoms with Crippen LogP contribution < -0.4 is 23.8 Å². The molecule has 1 N–H and O–H groups in total. The summed E-state index contributed by atoms with van der Waals surface area (Å²) < 4.78 is 44.7. The van der Waals surface area contributed by atoms with Gasteiger partial charge in [-0.15, -0.1) is 0 Å². The predicted octanol–water partition coefficient (Wildman–Crippen LogP) is 2.42. The lowest BCUT2D eigenvalue weighted by atomic mass is 10.1. The molecule has 0 aromatic heterocycles. The number of carbonyl (C=O) groups is 1. The largest absolute Gasteiger partial charge is 0.484 e. The van der Waals surface area contributed by atoms with E-state index in [2.05, 4.69) is 4.72 Å². The second-order valence-corrected chi connectivity index (χ2v) is 9.38. The first-order valence-corrected chi connectivity index (χ1v) is 10.6. The Hall–Kier alpha value is -2.78. The molecule has 2 heterocycles. The van der Waals surface area contributed by atoms with E-state index < -0.39 is 15.6 Å². The number of sulfonamides is 1. The SMILES string of the molecule is CC(=O)N1CC(C)(C)Oc2ccc(S(=O)(=O)NCc3ccc4c(c3)OCO4)cc21. The first-order chi connectivity index (χ1) is 13.6. The number of carbonyl (C=O) groups excluding carboxylic acids is 1. The fraction of sp³-hybridized carbons (Fsp3) is 0.350. The number of nitrogens with one attached hydrogen (secondary N) is 1. The van der Waals surface area contributed by atoms with Gasteiger partial charge in [0.05, 0.1) is 17.1 Å². The first-order valence-electron chi connectivity index (χ1n) is 9.14. The maximum absolute atomic E-state index is 12.8. The first kappa shape index (κ1) is 19.5. The van der Waals surface area contributed by atoms with Gasteiger partial charge in [-0.05, 0) is 49.7 Å². The van der Waals surface area contributed by atoms with Crippen LogP contribution in [0.4, 0.5) is 5.69 Å². The molecule has 9 heteroatoms. The summed E-state index contributed by atoms with van der Waals surface area (Å²) in [6.45, 7) is 5.79. The lowest BCUT2D eigenvalue weighted by molar-refractivity contribution is -0.117. The molecule has 2 aliphatic rings. The minimum atomic E-state index is -3.80. The molecular weight excluding hydrogens is 396 g/mol. The number of rotatable bonds is 4. The van der Waals surface area contributed by atoms with Gasteiger partial charge in [0.25, 0.3) is 0 Å². The van der Waals surface area contributed by atoms with E-state index in [0.717, 1.165) is 5.56 Å². The molecule has 8 nitrogen and oxygen atoms in total. The molecule has 4 rings (SSSR count). The Morgan fingerprint density at radius 1 is 1.10 bits per heavy atom. The maximum Gasteiger partial charge on any atom is 0.240 e. The second-order valence-electron chi connectivity index (χ2n) is 7.61. The van der Waals surface area contributed by atoms with Crippen molar-refractivity contribution in [1.29, 1.82) is 0 Å². The number of hydrogen-bond acceptors (Lipinski definition) is 6. The van der Waals surface area contributed by atoms with Crippen molar-refractivity contribution in [3.05, 3.63) is 42.0 Å². The highest BCUT2D eigenvalue weighted by Gasteiger charge is 2.34. The number of anilines is 1. The summed E-state index contributed by atoms with van der Waals surface area (Å²) in [7, 11) is -3.80. The summed E-state index contributed by atoms with van der Waals surface area (Å²) in [4.78, 5) is 13.7. The number of fused-ring (bicyclic) bond motifs is 2. The smallest absolute Gasteiger partial charge is 0.240 e. The van der Waals surface area contributed by atoms with Crippen LogP contribution in [-0.4, -0.2) is 33.3 Å². The monoisotopic (exact) mass is 418 g/mol. The van der Waals surface area contributed by atoms with Gasteiger partial charge in [0.2, 0.25) is 22.7 Å². The Balaban J connectivity index is 1.57. The quantitative estimate of drug-likeness (QED) is 0.820. The van der Waals surface area contributed by atoms with Crippen LogP contribution in [0.1, 0.15) is 26.3 Å². The molecule has 2 aromatic rings. The fourth-order valence-corrected chi connectivity index (χ4v) is 4.39. The summed E-state index contributed by atoms with van der Waals surface area (Å²) in [6, 6.07) is 9.78. The third-order valence-corrected chi connectivity index (χ3v) is 6.14. The lowest BCUT2D eigenvalue weighted by Gasteiger charge is -2.39. The number of hydrogen-bond donors (Lipinski definition) is 1. The second kappa shape index (κ2) is 6.93. The van der Waals surface area contributed by atoms with Crippen molar-refractivity contribution >= 4 is 21.6 Å². The van der Waals surface area contributed by atoms with E-state index in [4.69, 9.17) is 14.2 Å². The zero-order valence-electron chi connectivity index (χ0n) is 16.4. The average Bonchev–Trinajstić information content (AvgIpc) is 3.12. The molecule has 0 fully saturated rings.